The van der Waals surface area contributed by atoms with Crippen LogP contribution in [0.3, 0.4) is 0 Å². The molecule has 0 saturated carbocycles. The molecule has 1 nitrogen and oxygen atoms in total. The van der Waals surface area contributed by atoms with E-state index in [0.29, 0.717) is 0 Å². The van der Waals surface area contributed by atoms with Crippen LogP contribution in [0.1, 0.15) is 16.7 Å². The quantitative estimate of drug-likeness (QED) is 0.575. The van der Waals surface area contributed by atoms with Gasteiger partial charge in [-0.3, -0.25) is 4.90 Å². The Morgan fingerprint density at radius 3 is 1.81 bits per heavy atom. The van der Waals surface area contributed by atoms with E-state index in [4.69, 9.17) is 0 Å². The molecule has 0 aliphatic heterocycles. The van der Waals surface area contributed by atoms with Crippen LogP contribution in [0.2, 0.25) is 0 Å². The van der Waals surface area contributed by atoms with Gasteiger partial charge in [0.05, 0.1) is 6.54 Å². The van der Waals surface area contributed by atoms with E-state index < -0.39 is 0 Å². The first-order valence-corrected chi connectivity index (χ1v) is 8.85. The molecule has 3 aromatic carbocycles. The lowest BCUT2D eigenvalue weighted by Crippen LogP contribution is -2.17. The molecule has 0 bridgehead atoms. The molecule has 26 heavy (non-hydrogen) atoms. The highest BCUT2D eigenvalue weighted by molar-refractivity contribution is 5.81. The largest absolute Gasteiger partial charge is 0.291 e. The van der Waals surface area contributed by atoms with Gasteiger partial charge in [0.15, 0.2) is 0 Å². The zero-order valence-electron chi connectivity index (χ0n) is 15.1. The first-order valence-electron chi connectivity index (χ1n) is 8.85. The van der Waals surface area contributed by atoms with Crippen molar-refractivity contribution in [1.29, 1.82) is 0 Å². The van der Waals surface area contributed by atoms with Crippen molar-refractivity contribution in [2.24, 2.45) is 0 Å². The molecule has 0 atom stereocenters. The minimum absolute atomic E-state index is 0.738. The number of hydrogen-bond donors (Lipinski definition) is 0. The normalized spacial score (nSPS) is 10.1. The summed E-state index contributed by atoms with van der Waals surface area (Å²) < 4.78 is 0. The molecule has 0 fully saturated rings. The number of nitrogens with zero attached hydrogens (tertiary/aromatic N) is 1. The van der Waals surface area contributed by atoms with Gasteiger partial charge in [0.2, 0.25) is 0 Å². The summed E-state index contributed by atoms with van der Waals surface area (Å²) >= 11 is 0. The van der Waals surface area contributed by atoms with E-state index in [1.807, 2.05) is 24.3 Å². The average molecular weight is 337 g/mol. The standard InChI is InChI=1S/C25H23N/c1-26(21-22-13-5-2-6-14-22)20-12-11-19-25(23-15-7-3-8-16-23)24-17-9-4-10-18-24/h2-10,13-19H,20-21H2,1H3. The smallest absolute Gasteiger partial charge is 0.0605 e. The third-order valence-corrected chi connectivity index (χ3v) is 4.13. The van der Waals surface area contributed by atoms with E-state index in [1.54, 1.807) is 0 Å². The Kier molecular flexibility index (Phi) is 6.42. The van der Waals surface area contributed by atoms with E-state index in [1.165, 1.54) is 16.7 Å². The van der Waals surface area contributed by atoms with Crippen molar-refractivity contribution in [2.75, 3.05) is 13.6 Å². The van der Waals surface area contributed by atoms with E-state index in [-0.39, 0.29) is 0 Å². The molecule has 0 aliphatic carbocycles. The maximum Gasteiger partial charge on any atom is 0.0605 e. The fourth-order valence-electron chi connectivity index (χ4n) is 2.82. The van der Waals surface area contributed by atoms with E-state index in [9.17, 15) is 0 Å². The molecular weight excluding hydrogens is 314 g/mol. The third kappa shape index (κ3) is 5.21. The van der Waals surface area contributed by atoms with Crippen molar-refractivity contribution in [3.8, 4) is 11.8 Å². The van der Waals surface area contributed by atoms with Gasteiger partial charge in [-0.2, -0.15) is 0 Å². The van der Waals surface area contributed by atoms with Crippen LogP contribution in [0.25, 0.3) is 5.57 Å². The Labute approximate surface area is 156 Å². The Morgan fingerprint density at radius 2 is 1.27 bits per heavy atom. The minimum Gasteiger partial charge on any atom is -0.291 e. The number of hydrogen-bond acceptors (Lipinski definition) is 1. The van der Waals surface area contributed by atoms with Gasteiger partial charge in [0, 0.05) is 6.54 Å². The molecule has 3 rings (SSSR count). The third-order valence-electron chi connectivity index (χ3n) is 4.13. The van der Waals surface area contributed by atoms with Crippen molar-refractivity contribution < 1.29 is 0 Å². The van der Waals surface area contributed by atoms with Gasteiger partial charge < -0.3 is 0 Å². The van der Waals surface area contributed by atoms with Crippen LogP contribution in [0.4, 0.5) is 0 Å². The summed E-state index contributed by atoms with van der Waals surface area (Å²) in [6.45, 7) is 1.64. The molecule has 128 valence electrons. The van der Waals surface area contributed by atoms with Gasteiger partial charge in [-0.05, 0) is 35.4 Å². The molecule has 3 aromatic rings. The molecule has 0 aliphatic rings. The van der Waals surface area contributed by atoms with Gasteiger partial charge in [-0.15, -0.1) is 0 Å². The maximum atomic E-state index is 3.27. The van der Waals surface area contributed by atoms with Gasteiger partial charge in [0.1, 0.15) is 0 Å². The topological polar surface area (TPSA) is 3.24 Å². The molecular formula is C25H23N. The van der Waals surface area contributed by atoms with Gasteiger partial charge in [0.25, 0.3) is 0 Å². The molecule has 0 radical (unpaired) electrons. The Balaban J connectivity index is 1.72. The summed E-state index contributed by atoms with van der Waals surface area (Å²) in [6, 6.07) is 31.3. The van der Waals surface area contributed by atoms with Crippen LogP contribution < -0.4 is 0 Å². The fourth-order valence-corrected chi connectivity index (χ4v) is 2.82. The predicted molar refractivity (Wildman–Crippen MR) is 111 cm³/mol. The molecule has 0 N–H and O–H groups in total. The van der Waals surface area contributed by atoms with Crippen LogP contribution in [-0.4, -0.2) is 18.5 Å². The van der Waals surface area contributed by atoms with E-state index in [2.05, 4.69) is 96.6 Å². The second-order valence-corrected chi connectivity index (χ2v) is 6.27. The summed E-state index contributed by atoms with van der Waals surface area (Å²) in [5.74, 6) is 6.52. The highest BCUT2D eigenvalue weighted by Gasteiger charge is 2.03. The van der Waals surface area contributed by atoms with E-state index in [0.717, 1.165) is 18.7 Å². The van der Waals surface area contributed by atoms with Crippen LogP contribution in [-0.2, 0) is 6.54 Å². The van der Waals surface area contributed by atoms with Gasteiger partial charge in [-0.1, -0.05) is 103 Å². The van der Waals surface area contributed by atoms with Gasteiger partial charge >= 0.3 is 0 Å². The molecule has 0 aromatic heterocycles. The van der Waals surface area contributed by atoms with Crippen LogP contribution in [0.15, 0.2) is 97.1 Å². The summed E-state index contributed by atoms with van der Waals surface area (Å²) in [7, 11) is 2.10. The van der Waals surface area contributed by atoms with Crippen LogP contribution >= 0.6 is 0 Å². The van der Waals surface area contributed by atoms with Crippen LogP contribution in [0, 0.1) is 11.8 Å². The monoisotopic (exact) mass is 337 g/mol. The second-order valence-electron chi connectivity index (χ2n) is 6.27. The Bertz CT molecular complexity index is 843. The summed E-state index contributed by atoms with van der Waals surface area (Å²) in [6.07, 6.45) is 2.03. The van der Waals surface area contributed by atoms with Crippen molar-refractivity contribution in [2.45, 2.75) is 6.54 Å². The van der Waals surface area contributed by atoms with Gasteiger partial charge in [-0.25, -0.2) is 0 Å². The zero-order valence-corrected chi connectivity index (χ0v) is 15.1. The summed E-state index contributed by atoms with van der Waals surface area (Å²) in [5.41, 5.74) is 4.84. The number of allylic oxidation sites excluding steroid dienone is 1. The lowest BCUT2D eigenvalue weighted by Gasteiger charge is -2.12. The zero-order chi connectivity index (χ0) is 18.0. The first kappa shape index (κ1) is 17.7. The molecule has 1 heteroatoms. The predicted octanol–water partition coefficient (Wildman–Crippen LogP) is 5.25. The van der Waals surface area contributed by atoms with Crippen molar-refractivity contribution >= 4 is 5.57 Å². The lowest BCUT2D eigenvalue weighted by atomic mass is 9.98. The first-order chi connectivity index (χ1) is 12.8. The van der Waals surface area contributed by atoms with Crippen LogP contribution in [0.5, 0.6) is 0 Å². The minimum atomic E-state index is 0.738. The second kappa shape index (κ2) is 9.42. The van der Waals surface area contributed by atoms with Crippen molar-refractivity contribution in [3.63, 3.8) is 0 Å². The highest BCUT2D eigenvalue weighted by atomic mass is 15.1. The molecule has 0 amide bonds. The SMILES string of the molecule is CN(CC#CC=C(c1ccccc1)c1ccccc1)Cc1ccccc1. The number of benzene rings is 3. The van der Waals surface area contributed by atoms with E-state index >= 15 is 0 Å². The number of rotatable bonds is 5. The maximum absolute atomic E-state index is 3.27. The molecule has 0 saturated heterocycles. The fraction of sp³-hybridized carbons (Fsp3) is 0.120. The average Bonchev–Trinajstić information content (AvgIpc) is 2.70. The highest BCUT2D eigenvalue weighted by Crippen LogP contribution is 2.22. The molecule has 0 spiro atoms. The summed E-state index contributed by atoms with van der Waals surface area (Å²) in [4.78, 5) is 2.22. The molecule has 0 unspecified atom stereocenters. The Hall–Kier alpha value is -3.08. The van der Waals surface area contributed by atoms with Crippen molar-refractivity contribution in [3.05, 3.63) is 114 Å². The Morgan fingerprint density at radius 1 is 0.769 bits per heavy atom. The molecule has 0 heterocycles. The lowest BCUT2D eigenvalue weighted by molar-refractivity contribution is 0.369. The summed E-state index contributed by atoms with van der Waals surface area (Å²) in [5, 5.41) is 0. The van der Waals surface area contributed by atoms with Crippen molar-refractivity contribution in [1.82, 2.24) is 4.90 Å².